The number of amides is 2. The number of fused-ring (bicyclic) bond motifs is 2. The van der Waals surface area contributed by atoms with E-state index in [2.05, 4.69) is 80.9 Å². The van der Waals surface area contributed by atoms with E-state index in [0.29, 0.717) is 47.4 Å². The molecule has 2 aromatic carbocycles. The average Bonchev–Trinajstić information content (AvgIpc) is 3.40. The first-order chi connectivity index (χ1) is 22.0. The molecule has 2 aliphatic rings. The number of β-lactam (4-membered cyclic amide) rings is 1. The molecule has 0 aliphatic carbocycles. The van der Waals surface area contributed by atoms with Crippen molar-refractivity contribution in [3.05, 3.63) is 77.1 Å². The Balaban J connectivity index is 1.60. The molecule has 2 N–H and O–H groups in total. The molecule has 2 aliphatic heterocycles. The number of halogens is 4. The quantitative estimate of drug-likeness (QED) is 0.114. The largest absolute Gasteiger partial charge is 0.443 e. The lowest BCUT2D eigenvalue weighted by Gasteiger charge is -2.48. The zero-order valence-corrected chi connectivity index (χ0v) is 32.6. The summed E-state index contributed by atoms with van der Waals surface area (Å²) in [5, 5.41) is 15.5. The Kier molecular flexibility index (Phi) is 9.94. The van der Waals surface area contributed by atoms with E-state index in [1.165, 1.54) is 0 Å². The summed E-state index contributed by atoms with van der Waals surface area (Å²) in [5.74, 6) is 5.82. The van der Waals surface area contributed by atoms with Crippen LogP contribution in [0.2, 0.25) is 0 Å². The number of nitrogens with zero attached hydrogens (tertiary/aromatic N) is 3. The van der Waals surface area contributed by atoms with Crippen molar-refractivity contribution in [2.24, 2.45) is 0 Å². The molecule has 0 radical (unpaired) electrons. The molecule has 10 nitrogen and oxygen atoms in total. The van der Waals surface area contributed by atoms with Crippen molar-refractivity contribution >= 4 is 87.7 Å². The van der Waals surface area contributed by atoms with Crippen molar-refractivity contribution in [3.8, 4) is 11.8 Å². The number of carbonyl (C=O) groups excluding carboxylic acids is 3. The molecule has 47 heavy (non-hydrogen) atoms. The molecule has 2 unspecified atom stereocenters. The molecule has 2 amide bonds. The molecule has 2 atom stereocenters. The smallest absolute Gasteiger partial charge is 0.418 e. The molecule has 1 aromatic heterocycles. The van der Waals surface area contributed by atoms with Gasteiger partial charge in [-0.15, -0.1) is 0 Å². The van der Waals surface area contributed by atoms with Crippen LogP contribution < -0.4 is 10.2 Å². The van der Waals surface area contributed by atoms with E-state index in [1.54, 1.807) is 45.3 Å². The lowest BCUT2D eigenvalue weighted by Crippen LogP contribution is -2.73. The second-order valence-corrected chi connectivity index (χ2v) is 16.0. The number of aliphatic hydroxyl groups is 1. The number of carbonyl (C=O) groups is 3. The van der Waals surface area contributed by atoms with Crippen LogP contribution in [0.25, 0.3) is 0 Å². The molecule has 14 heteroatoms. The number of hydrogen-bond acceptors (Lipinski definition) is 7. The van der Waals surface area contributed by atoms with Gasteiger partial charge in [0.25, 0.3) is 0 Å². The van der Waals surface area contributed by atoms with Crippen LogP contribution in [0.3, 0.4) is 0 Å². The topological polar surface area (TPSA) is 123 Å². The Labute approximate surface area is 306 Å². The van der Waals surface area contributed by atoms with Crippen molar-refractivity contribution in [1.29, 1.82) is 0 Å². The maximum absolute atomic E-state index is 13.9. The predicted molar refractivity (Wildman–Crippen MR) is 189 cm³/mol. The van der Waals surface area contributed by atoms with Gasteiger partial charge in [-0.3, -0.25) is 9.36 Å². The third-order valence-corrected chi connectivity index (χ3v) is 11.8. The molecule has 248 valence electrons. The van der Waals surface area contributed by atoms with Crippen molar-refractivity contribution in [1.82, 2.24) is 14.9 Å². The molecular weight excluding hydrogens is 868 g/mol. The van der Waals surface area contributed by atoms with Crippen molar-refractivity contribution in [2.45, 2.75) is 83.1 Å². The molecule has 1 fully saturated rings. The maximum atomic E-state index is 13.9. The summed E-state index contributed by atoms with van der Waals surface area (Å²) in [5.41, 5.74) is -2.91. The molecule has 1 saturated heterocycles. The van der Waals surface area contributed by atoms with Gasteiger partial charge in [-0.1, -0.05) is 36.3 Å². The van der Waals surface area contributed by atoms with Gasteiger partial charge in [0.1, 0.15) is 24.2 Å². The van der Waals surface area contributed by atoms with E-state index in [9.17, 15) is 19.5 Å². The second kappa shape index (κ2) is 13.1. The third-order valence-electron chi connectivity index (χ3n) is 7.86. The Morgan fingerprint density at radius 2 is 1.79 bits per heavy atom. The number of ether oxygens (including phenoxy) is 2. The van der Waals surface area contributed by atoms with Crippen LogP contribution in [0.5, 0.6) is 0 Å². The first kappa shape index (κ1) is 35.8. The molecule has 1 spiro atoms. The zero-order chi connectivity index (χ0) is 34.5. The number of hydrogen-bond donors (Lipinski definition) is 2. The fourth-order valence-electron chi connectivity index (χ4n) is 5.73. The molecule has 0 bridgehead atoms. The standard InChI is InChI=1S/C33H32Br4N4O6/c1-30(2,3)47-29(44)41-22-15-20(34)25(35)26(36)24(22)32(16-23(43)39-32)33(41,45)13-12-31(4,5)27-21(11-14-42)40(28(37)38-27)18-46-17-19-9-7-6-8-10-19/h6-10,14-15,45H,11,16-18H2,1-5H3,(H,39,43). The highest BCUT2D eigenvalue weighted by Gasteiger charge is 2.70. The molecule has 0 saturated carbocycles. The van der Waals surface area contributed by atoms with E-state index in [-0.39, 0.29) is 25.5 Å². The van der Waals surface area contributed by atoms with Gasteiger partial charge in [0, 0.05) is 25.4 Å². The fourth-order valence-corrected chi connectivity index (χ4v) is 7.97. The molecule has 5 rings (SSSR count). The first-order valence-corrected chi connectivity index (χ1v) is 17.7. The number of imidazole rings is 1. The van der Waals surface area contributed by atoms with Gasteiger partial charge >= 0.3 is 6.09 Å². The van der Waals surface area contributed by atoms with E-state index < -0.39 is 28.4 Å². The predicted octanol–water partition coefficient (Wildman–Crippen LogP) is 6.99. The van der Waals surface area contributed by atoms with Crippen molar-refractivity contribution in [2.75, 3.05) is 4.90 Å². The first-order valence-electron chi connectivity index (χ1n) is 14.6. The summed E-state index contributed by atoms with van der Waals surface area (Å²) in [4.78, 5) is 44.1. The average molecular weight is 900 g/mol. The van der Waals surface area contributed by atoms with E-state index in [4.69, 9.17) is 14.5 Å². The summed E-state index contributed by atoms with van der Waals surface area (Å²) in [7, 11) is 0. The van der Waals surface area contributed by atoms with E-state index in [1.807, 2.05) is 30.3 Å². The third kappa shape index (κ3) is 6.47. The van der Waals surface area contributed by atoms with E-state index in [0.717, 1.165) is 16.7 Å². The fraction of sp³-hybridized carbons (Fsp3) is 0.394. The van der Waals surface area contributed by atoms with Gasteiger partial charge in [0.05, 0.1) is 35.5 Å². The summed E-state index contributed by atoms with van der Waals surface area (Å²) < 4.78 is 15.7. The molecule has 3 aromatic rings. The lowest BCUT2D eigenvalue weighted by molar-refractivity contribution is -0.143. The van der Waals surface area contributed by atoms with Crippen LogP contribution in [0.15, 0.2) is 54.6 Å². The van der Waals surface area contributed by atoms with Crippen LogP contribution in [0.4, 0.5) is 10.5 Å². The summed E-state index contributed by atoms with van der Waals surface area (Å²) in [6, 6.07) is 11.4. The van der Waals surface area contributed by atoms with E-state index >= 15 is 0 Å². The number of aldehydes is 1. The van der Waals surface area contributed by atoms with Gasteiger partial charge in [0.15, 0.2) is 4.73 Å². The van der Waals surface area contributed by atoms with Crippen LogP contribution >= 0.6 is 63.7 Å². The normalized spacial score (nSPS) is 20.3. The lowest BCUT2D eigenvalue weighted by atomic mass is 9.73. The minimum absolute atomic E-state index is 0.0302. The Bertz CT molecular complexity index is 1820. The Morgan fingerprint density at radius 3 is 2.38 bits per heavy atom. The number of anilines is 1. The number of benzene rings is 2. The second-order valence-electron chi connectivity index (χ2n) is 12.8. The molecular formula is C33H32Br4N4O6. The summed E-state index contributed by atoms with van der Waals surface area (Å²) in [6.07, 6.45) is -0.187. The van der Waals surface area contributed by atoms with Crippen LogP contribution in [0.1, 0.15) is 63.6 Å². The Morgan fingerprint density at radius 1 is 1.13 bits per heavy atom. The van der Waals surface area contributed by atoms with Crippen LogP contribution in [-0.2, 0) is 49.8 Å². The van der Waals surface area contributed by atoms with Gasteiger partial charge in [0.2, 0.25) is 11.6 Å². The zero-order valence-electron chi connectivity index (χ0n) is 26.2. The SMILES string of the molecule is CC(C)(C)OC(=O)N1c2cc(Br)c(Br)c(Br)c2C2(CC(=O)N2)C1(O)C#CC(C)(C)c1nc(Br)n(COCc2ccccc2)c1CC=O. The Hall–Kier alpha value is -2.54. The van der Waals surface area contributed by atoms with Crippen molar-refractivity contribution in [3.63, 3.8) is 0 Å². The summed E-state index contributed by atoms with van der Waals surface area (Å²) in [6.45, 7) is 9.23. The van der Waals surface area contributed by atoms with Gasteiger partial charge in [-0.2, -0.15) is 0 Å². The van der Waals surface area contributed by atoms with Crippen LogP contribution in [0, 0.1) is 11.8 Å². The molecule has 3 heterocycles. The van der Waals surface area contributed by atoms with Gasteiger partial charge in [-0.25, -0.2) is 14.7 Å². The monoisotopic (exact) mass is 896 g/mol. The highest BCUT2D eigenvalue weighted by atomic mass is 79.9. The highest BCUT2D eigenvalue weighted by molar-refractivity contribution is 9.14. The number of rotatable bonds is 7. The maximum Gasteiger partial charge on any atom is 0.418 e. The van der Waals surface area contributed by atoms with Gasteiger partial charge < -0.3 is 24.7 Å². The van der Waals surface area contributed by atoms with Gasteiger partial charge in [-0.05, 0) is 116 Å². The minimum atomic E-state index is -2.28. The number of nitrogens with one attached hydrogen (secondary N) is 1. The van der Waals surface area contributed by atoms with Crippen LogP contribution in [-0.4, -0.2) is 44.3 Å². The highest BCUT2D eigenvalue weighted by Crippen LogP contribution is 2.59. The van der Waals surface area contributed by atoms with Crippen molar-refractivity contribution < 1.29 is 29.0 Å². The summed E-state index contributed by atoms with van der Waals surface area (Å²) >= 11 is 14.2. The number of aromatic nitrogens is 2. The minimum Gasteiger partial charge on any atom is -0.443 e.